The van der Waals surface area contributed by atoms with Gasteiger partial charge in [0.2, 0.25) is 23.6 Å². The Hall–Kier alpha value is -3.80. The summed E-state index contributed by atoms with van der Waals surface area (Å²) in [5.41, 5.74) is 31.9. The van der Waals surface area contributed by atoms with Gasteiger partial charge >= 0.3 is 5.97 Å². The number of hydrogen-bond donors (Lipinski definition) is 11. The van der Waals surface area contributed by atoms with Crippen LogP contribution in [-0.4, -0.2) is 89.6 Å². The second kappa shape index (κ2) is 18.4. The number of primary amides is 1. The molecule has 0 fully saturated rings. The lowest BCUT2D eigenvalue weighted by Crippen LogP contribution is -2.57. The Kier molecular flexibility index (Phi) is 16.6. The van der Waals surface area contributed by atoms with Crippen molar-refractivity contribution in [2.24, 2.45) is 44.4 Å². The van der Waals surface area contributed by atoms with Gasteiger partial charge in [-0.2, -0.15) is 12.6 Å². The van der Waals surface area contributed by atoms with E-state index in [1.54, 1.807) is 0 Å². The molecule has 0 bridgehead atoms. The highest BCUT2D eigenvalue weighted by Gasteiger charge is 2.30. The fourth-order valence-corrected chi connectivity index (χ4v) is 3.16. The third-order valence-corrected chi connectivity index (χ3v) is 5.38. The molecule has 0 aromatic heterocycles. The van der Waals surface area contributed by atoms with E-state index < -0.39 is 53.8 Å². The quantitative estimate of drug-likeness (QED) is 0.0307. The second-order valence-electron chi connectivity index (χ2n) is 8.21. The maximum atomic E-state index is 13.0. The van der Waals surface area contributed by atoms with Crippen LogP contribution in [0.1, 0.15) is 38.5 Å². The average Bonchev–Trinajstić information content (AvgIpc) is 2.83. The number of carboxylic acid groups (broad SMARTS) is 1. The zero-order valence-corrected chi connectivity index (χ0v) is 21.9. The lowest BCUT2D eigenvalue weighted by atomic mass is 10.1. The number of carbonyl (C=O) groups excluding carboxylic acids is 4. The molecule has 0 aliphatic carbocycles. The van der Waals surface area contributed by atoms with Crippen molar-refractivity contribution in [3.8, 4) is 0 Å². The number of carboxylic acids is 1. The number of nitrogens with one attached hydrogen (secondary N) is 3. The number of hydrogen-bond acceptors (Lipinski definition) is 9. The van der Waals surface area contributed by atoms with Crippen molar-refractivity contribution in [3.63, 3.8) is 0 Å². The van der Waals surface area contributed by atoms with Crippen molar-refractivity contribution in [3.05, 3.63) is 0 Å². The molecule has 0 spiro atoms. The van der Waals surface area contributed by atoms with E-state index in [9.17, 15) is 29.1 Å². The number of aliphatic carboxylic acids is 1. The monoisotopic (exact) mass is 561 g/mol. The van der Waals surface area contributed by atoms with Crippen LogP contribution in [0.4, 0.5) is 0 Å². The van der Waals surface area contributed by atoms with Gasteiger partial charge in [0, 0.05) is 25.3 Å². The number of rotatable bonds is 19. The maximum Gasteiger partial charge on any atom is 0.326 e. The summed E-state index contributed by atoms with van der Waals surface area (Å²) in [6.45, 7) is 0.276. The largest absolute Gasteiger partial charge is 0.480 e. The topological polar surface area (TPSA) is 323 Å². The molecule has 4 amide bonds. The molecule has 216 valence electrons. The summed E-state index contributed by atoms with van der Waals surface area (Å²) in [6.07, 6.45) is 0.0984. The van der Waals surface area contributed by atoms with Gasteiger partial charge < -0.3 is 55.5 Å². The highest BCUT2D eigenvalue weighted by Crippen LogP contribution is 2.06. The van der Waals surface area contributed by atoms with Gasteiger partial charge in [-0.05, 0) is 32.1 Å². The minimum atomic E-state index is -1.30. The summed E-state index contributed by atoms with van der Waals surface area (Å²) in [5, 5.41) is 16.8. The van der Waals surface area contributed by atoms with Gasteiger partial charge in [0.1, 0.15) is 18.1 Å². The predicted octanol–water partition coefficient (Wildman–Crippen LogP) is -4.84. The molecule has 17 nitrogen and oxygen atoms in total. The molecule has 4 unspecified atom stereocenters. The smallest absolute Gasteiger partial charge is 0.326 e. The summed E-state index contributed by atoms with van der Waals surface area (Å²) in [6, 6.07) is -4.82. The van der Waals surface area contributed by atoms with Crippen molar-refractivity contribution in [2.75, 3.05) is 18.8 Å². The van der Waals surface area contributed by atoms with E-state index in [-0.39, 0.29) is 69.3 Å². The molecule has 0 saturated carbocycles. The van der Waals surface area contributed by atoms with Crippen molar-refractivity contribution in [1.29, 1.82) is 0 Å². The van der Waals surface area contributed by atoms with Crippen molar-refractivity contribution in [1.82, 2.24) is 16.0 Å². The van der Waals surface area contributed by atoms with E-state index in [1.165, 1.54) is 0 Å². The summed E-state index contributed by atoms with van der Waals surface area (Å²) < 4.78 is 0. The number of guanidine groups is 2. The molecule has 0 aliphatic rings. The van der Waals surface area contributed by atoms with E-state index in [1.807, 2.05) is 0 Å². The number of nitrogens with two attached hydrogens (primary N) is 6. The van der Waals surface area contributed by atoms with E-state index >= 15 is 0 Å². The van der Waals surface area contributed by atoms with Crippen LogP contribution in [0.25, 0.3) is 0 Å². The van der Waals surface area contributed by atoms with Gasteiger partial charge in [0.25, 0.3) is 0 Å². The Bertz CT molecular complexity index is 878. The van der Waals surface area contributed by atoms with Crippen LogP contribution in [-0.2, 0) is 24.0 Å². The van der Waals surface area contributed by atoms with Gasteiger partial charge in [0.15, 0.2) is 11.9 Å². The van der Waals surface area contributed by atoms with Gasteiger partial charge in [-0.1, -0.05) is 0 Å². The van der Waals surface area contributed by atoms with E-state index in [4.69, 9.17) is 34.4 Å². The molecule has 18 heteroatoms. The fourth-order valence-electron chi connectivity index (χ4n) is 3.00. The average molecular weight is 562 g/mol. The zero-order valence-electron chi connectivity index (χ0n) is 21.0. The maximum absolute atomic E-state index is 13.0. The molecule has 16 N–H and O–H groups in total. The Labute approximate surface area is 225 Å². The van der Waals surface area contributed by atoms with Gasteiger partial charge in [-0.25, -0.2) is 4.79 Å². The Morgan fingerprint density at radius 3 is 1.55 bits per heavy atom. The van der Waals surface area contributed by atoms with Crippen molar-refractivity contribution >= 4 is 54.1 Å². The van der Waals surface area contributed by atoms with E-state index in [0.29, 0.717) is 0 Å². The van der Waals surface area contributed by atoms with Crippen LogP contribution in [0.15, 0.2) is 9.98 Å². The predicted molar refractivity (Wildman–Crippen MR) is 144 cm³/mol. The van der Waals surface area contributed by atoms with Crippen LogP contribution < -0.4 is 50.4 Å². The first-order valence-corrected chi connectivity index (χ1v) is 12.3. The first-order valence-electron chi connectivity index (χ1n) is 11.7. The molecule has 0 aliphatic heterocycles. The lowest BCUT2D eigenvalue weighted by molar-refractivity contribution is -0.142. The molecular formula is C20H39N11O6S. The van der Waals surface area contributed by atoms with Crippen LogP contribution in [0.5, 0.6) is 0 Å². The summed E-state index contributed by atoms with van der Waals surface area (Å²) in [5.74, 6) is -4.67. The number of thiol groups is 1. The van der Waals surface area contributed by atoms with Gasteiger partial charge in [-0.3, -0.25) is 29.2 Å². The third kappa shape index (κ3) is 15.3. The SMILES string of the molecule is NC(=O)CCC(NC(=O)C(N)CS)C(=O)NC(CCCN=C(N)N)C(=O)NC(CCCN=C(N)N)C(=O)O. The van der Waals surface area contributed by atoms with E-state index in [2.05, 4.69) is 38.6 Å². The first kappa shape index (κ1) is 34.2. The van der Waals surface area contributed by atoms with Gasteiger partial charge in [0.05, 0.1) is 6.04 Å². The number of amides is 4. The number of nitrogens with zero attached hydrogens (tertiary/aromatic N) is 2. The Balaban J connectivity index is 5.64. The summed E-state index contributed by atoms with van der Waals surface area (Å²) >= 11 is 3.94. The van der Waals surface area contributed by atoms with Crippen LogP contribution in [0.2, 0.25) is 0 Å². The highest BCUT2D eigenvalue weighted by atomic mass is 32.1. The molecule has 0 aromatic rings. The van der Waals surface area contributed by atoms with Crippen molar-refractivity contribution in [2.45, 2.75) is 62.7 Å². The minimum Gasteiger partial charge on any atom is -0.480 e. The standard InChI is InChI=1S/C20H39N11O6S/c21-10(9-38)15(33)29-12(5-6-14(22)32)17(35)30-11(3-1-7-27-19(23)24)16(34)31-13(18(36)37)4-2-8-28-20(25)26/h10-13,38H,1-9,21H2,(H2,22,32)(H,29,33)(H,30,35)(H,31,34)(H,36,37)(H4,23,24,27)(H4,25,26,28). The van der Waals surface area contributed by atoms with Crippen molar-refractivity contribution < 1.29 is 29.1 Å². The molecule has 0 saturated heterocycles. The van der Waals surface area contributed by atoms with Gasteiger partial charge in [-0.15, -0.1) is 0 Å². The molecule has 4 atom stereocenters. The first-order chi connectivity index (χ1) is 17.8. The summed E-state index contributed by atoms with van der Waals surface area (Å²) in [7, 11) is 0. The summed E-state index contributed by atoms with van der Waals surface area (Å²) in [4.78, 5) is 68.7. The minimum absolute atomic E-state index is 0.00539. The third-order valence-electron chi connectivity index (χ3n) is 4.98. The molecule has 0 heterocycles. The van der Waals surface area contributed by atoms with Crippen LogP contribution in [0.3, 0.4) is 0 Å². The number of aliphatic imine (C=N–C) groups is 2. The fraction of sp³-hybridized carbons (Fsp3) is 0.650. The molecule has 0 radical (unpaired) electrons. The zero-order chi connectivity index (χ0) is 29.3. The lowest BCUT2D eigenvalue weighted by Gasteiger charge is -2.25. The molecule has 0 aromatic carbocycles. The number of carbonyl (C=O) groups is 5. The highest BCUT2D eigenvalue weighted by molar-refractivity contribution is 7.80. The van der Waals surface area contributed by atoms with Crippen LogP contribution >= 0.6 is 12.6 Å². The molecule has 0 rings (SSSR count). The molecular weight excluding hydrogens is 522 g/mol. The Morgan fingerprint density at radius 2 is 1.13 bits per heavy atom. The molecule has 38 heavy (non-hydrogen) atoms. The second-order valence-corrected chi connectivity index (χ2v) is 8.58. The Morgan fingerprint density at radius 1 is 0.711 bits per heavy atom. The van der Waals surface area contributed by atoms with Crippen LogP contribution in [0, 0.1) is 0 Å². The van der Waals surface area contributed by atoms with E-state index in [0.717, 1.165) is 0 Å². The normalized spacial score (nSPS) is 13.6.